The van der Waals surface area contributed by atoms with Crippen LogP contribution in [0.3, 0.4) is 0 Å². The molecule has 0 N–H and O–H groups in total. The summed E-state index contributed by atoms with van der Waals surface area (Å²) in [7, 11) is -1.72. The van der Waals surface area contributed by atoms with Gasteiger partial charge in [-0.25, -0.2) is 0 Å². The first kappa shape index (κ1) is 33.8. The quantitative estimate of drug-likeness (QED) is 0.130. The van der Waals surface area contributed by atoms with E-state index in [1.54, 1.807) is 0 Å². The van der Waals surface area contributed by atoms with E-state index in [-0.39, 0.29) is 30.3 Å². The average Bonchev–Trinajstić information content (AvgIpc) is 2.94. The number of carbonyl (C=O) groups excluding carboxylic acids is 2. The van der Waals surface area contributed by atoms with Gasteiger partial charge in [0, 0.05) is 38.9 Å². The van der Waals surface area contributed by atoms with Crippen LogP contribution in [0.4, 0.5) is 0 Å². The van der Waals surface area contributed by atoms with E-state index in [0.29, 0.717) is 35.7 Å². The second-order valence-electron chi connectivity index (χ2n) is 11.2. The summed E-state index contributed by atoms with van der Waals surface area (Å²) in [5.74, 6) is 0.673. The summed E-state index contributed by atoms with van der Waals surface area (Å²) < 4.78 is 15.7. The first-order valence-electron chi connectivity index (χ1n) is 14.8. The molecular weight excluding hydrogens is 580 g/mol. The smallest absolute Gasteiger partial charge is 0.222 e. The SMILES string of the molecule is CN(C(=O)CCCCCCC(=O)CCCCCCOP(C)(=O)[O-])[C@H]1CC[C@@H](c2ccc(Cl)c(Cl)c2)c2ccccc21. The predicted molar refractivity (Wildman–Crippen MR) is 165 cm³/mol. The number of ketones is 1. The highest BCUT2D eigenvalue weighted by Crippen LogP contribution is 2.44. The van der Waals surface area contributed by atoms with Crippen molar-refractivity contribution in [2.75, 3.05) is 20.3 Å². The van der Waals surface area contributed by atoms with Gasteiger partial charge in [0.25, 0.3) is 0 Å². The van der Waals surface area contributed by atoms with Crippen LogP contribution in [0, 0.1) is 0 Å². The van der Waals surface area contributed by atoms with E-state index in [4.69, 9.17) is 27.7 Å². The van der Waals surface area contributed by atoms with Gasteiger partial charge < -0.3 is 18.9 Å². The number of hydrogen-bond acceptors (Lipinski definition) is 5. The minimum Gasteiger partial charge on any atom is -0.779 e. The van der Waals surface area contributed by atoms with Crippen LogP contribution in [-0.2, 0) is 18.7 Å². The molecule has 2 aromatic rings. The molecule has 0 saturated heterocycles. The van der Waals surface area contributed by atoms with Gasteiger partial charge in [-0.05, 0) is 67.3 Å². The fraction of sp³-hybridized carbons (Fsp3) is 0.562. The zero-order chi connectivity index (χ0) is 29.8. The summed E-state index contributed by atoms with van der Waals surface area (Å²) >= 11 is 12.4. The van der Waals surface area contributed by atoms with Gasteiger partial charge in [-0.1, -0.05) is 79.2 Å². The van der Waals surface area contributed by atoms with Crippen LogP contribution in [0.5, 0.6) is 0 Å². The Morgan fingerprint density at radius 1 is 0.878 bits per heavy atom. The fourth-order valence-corrected chi connectivity index (χ4v) is 6.45. The Hall–Kier alpha value is -1.69. The number of fused-ring (bicyclic) bond motifs is 1. The monoisotopic (exact) mass is 622 g/mol. The summed E-state index contributed by atoms with van der Waals surface area (Å²) in [6.45, 7) is 1.30. The molecule has 3 rings (SSSR count). The van der Waals surface area contributed by atoms with Gasteiger partial charge in [0.05, 0.1) is 22.7 Å². The van der Waals surface area contributed by atoms with Crippen molar-refractivity contribution in [3.63, 3.8) is 0 Å². The molecule has 1 aliphatic rings. The van der Waals surface area contributed by atoms with Gasteiger partial charge in [-0.3, -0.25) is 9.59 Å². The second kappa shape index (κ2) is 16.8. The number of nitrogens with zero attached hydrogens (tertiary/aromatic N) is 1. The summed E-state index contributed by atoms with van der Waals surface area (Å²) in [4.78, 5) is 38.1. The molecule has 0 spiro atoms. The molecule has 9 heteroatoms. The van der Waals surface area contributed by atoms with Gasteiger partial charge in [-0.2, -0.15) is 0 Å². The summed E-state index contributed by atoms with van der Waals surface area (Å²) in [6.07, 6.45) is 10.4. The van der Waals surface area contributed by atoms with Crippen LogP contribution < -0.4 is 4.89 Å². The number of hydrogen-bond donors (Lipinski definition) is 0. The molecule has 1 unspecified atom stereocenters. The Bertz CT molecular complexity index is 1200. The van der Waals surface area contributed by atoms with Crippen molar-refractivity contribution in [1.82, 2.24) is 4.90 Å². The lowest BCUT2D eigenvalue weighted by Crippen LogP contribution is -2.34. The summed E-state index contributed by atoms with van der Waals surface area (Å²) in [5, 5.41) is 1.12. The van der Waals surface area contributed by atoms with E-state index in [0.717, 1.165) is 70.0 Å². The number of Topliss-reactive ketones (excluding diaryl/α,β-unsaturated/α-hetero) is 1. The zero-order valence-corrected chi connectivity index (χ0v) is 26.7. The van der Waals surface area contributed by atoms with Crippen molar-refractivity contribution in [2.45, 2.75) is 95.4 Å². The minimum absolute atomic E-state index is 0.0583. The topological polar surface area (TPSA) is 86.7 Å². The lowest BCUT2D eigenvalue weighted by Gasteiger charge is -2.37. The third kappa shape index (κ3) is 11.1. The van der Waals surface area contributed by atoms with Crippen LogP contribution in [0.2, 0.25) is 10.0 Å². The molecule has 0 saturated carbocycles. The number of carbonyl (C=O) groups is 2. The van der Waals surface area contributed by atoms with Gasteiger partial charge in [0.1, 0.15) is 13.4 Å². The third-order valence-electron chi connectivity index (χ3n) is 7.94. The molecule has 3 atom stereocenters. The fourth-order valence-electron chi connectivity index (χ4n) is 5.68. The van der Waals surface area contributed by atoms with Gasteiger partial charge in [0.2, 0.25) is 5.91 Å². The Morgan fingerprint density at radius 3 is 2.12 bits per heavy atom. The molecule has 0 radical (unpaired) electrons. The maximum absolute atomic E-state index is 13.1. The molecule has 0 aromatic heterocycles. The van der Waals surface area contributed by atoms with E-state index >= 15 is 0 Å². The van der Waals surface area contributed by atoms with Crippen molar-refractivity contribution in [2.24, 2.45) is 0 Å². The molecule has 6 nitrogen and oxygen atoms in total. The average molecular weight is 624 g/mol. The molecular formula is C32H43Cl2NO5P-. The highest BCUT2D eigenvalue weighted by molar-refractivity contribution is 7.50. The zero-order valence-electron chi connectivity index (χ0n) is 24.3. The lowest BCUT2D eigenvalue weighted by molar-refractivity contribution is -0.196. The normalized spacial score (nSPS) is 18.0. The molecule has 0 aliphatic heterocycles. The van der Waals surface area contributed by atoms with E-state index in [2.05, 4.69) is 18.2 Å². The van der Waals surface area contributed by atoms with Crippen LogP contribution in [-0.4, -0.2) is 36.9 Å². The molecule has 0 fully saturated rings. The standard InChI is InChI=1S/C32H44Cl2NO5P/c1-35(31-21-19-26(27-15-10-11-16-28(27)31)24-18-20-29(33)30(34)23-24)32(37)17-9-4-3-7-13-25(36)14-8-5-6-12-22-40-41(2,38)39/h10-11,15-16,18,20,23,26,31H,3-9,12-14,17,19,21-22H2,1-2H3,(H,38,39)/p-1/t26-,31-/m0/s1. The Labute approximate surface area is 255 Å². The number of halogens is 2. The first-order chi connectivity index (χ1) is 19.6. The number of unbranched alkanes of at least 4 members (excludes halogenated alkanes) is 6. The van der Waals surface area contributed by atoms with Gasteiger partial charge in [0.15, 0.2) is 0 Å². The van der Waals surface area contributed by atoms with Gasteiger partial charge in [-0.15, -0.1) is 0 Å². The van der Waals surface area contributed by atoms with Crippen molar-refractivity contribution in [3.8, 4) is 0 Å². The van der Waals surface area contributed by atoms with Crippen LogP contribution in [0.25, 0.3) is 0 Å². The van der Waals surface area contributed by atoms with Crippen molar-refractivity contribution >= 4 is 42.5 Å². The second-order valence-corrected chi connectivity index (χ2v) is 13.8. The van der Waals surface area contributed by atoms with E-state index in [1.807, 2.05) is 36.2 Å². The van der Waals surface area contributed by atoms with Crippen molar-refractivity contribution in [1.29, 1.82) is 0 Å². The van der Waals surface area contributed by atoms with E-state index in [1.165, 1.54) is 11.1 Å². The Balaban J connectivity index is 1.34. The number of benzene rings is 2. The molecule has 0 heterocycles. The van der Waals surface area contributed by atoms with Gasteiger partial charge >= 0.3 is 0 Å². The van der Waals surface area contributed by atoms with Crippen LogP contribution in [0.15, 0.2) is 42.5 Å². The third-order valence-corrected chi connectivity index (χ3v) is 9.33. The highest BCUT2D eigenvalue weighted by Gasteiger charge is 2.32. The van der Waals surface area contributed by atoms with Crippen molar-refractivity contribution < 1.29 is 23.6 Å². The summed E-state index contributed by atoms with van der Waals surface area (Å²) in [5.41, 5.74) is 3.59. The Kier molecular flexibility index (Phi) is 13.9. The first-order valence-corrected chi connectivity index (χ1v) is 17.6. The molecule has 0 bridgehead atoms. The molecule has 1 amide bonds. The van der Waals surface area contributed by atoms with E-state index in [9.17, 15) is 19.0 Å². The molecule has 226 valence electrons. The lowest BCUT2D eigenvalue weighted by atomic mass is 9.76. The number of rotatable bonds is 17. The minimum atomic E-state index is -3.63. The molecule has 2 aromatic carbocycles. The van der Waals surface area contributed by atoms with E-state index < -0.39 is 7.60 Å². The maximum Gasteiger partial charge on any atom is 0.222 e. The number of amides is 1. The molecule has 41 heavy (non-hydrogen) atoms. The molecule has 1 aliphatic carbocycles. The highest BCUT2D eigenvalue weighted by atomic mass is 35.5. The van der Waals surface area contributed by atoms with Crippen LogP contribution >= 0.6 is 30.8 Å². The van der Waals surface area contributed by atoms with Crippen LogP contribution in [0.1, 0.15) is 112 Å². The summed E-state index contributed by atoms with van der Waals surface area (Å²) in [6, 6.07) is 14.3. The predicted octanol–water partition coefficient (Wildman–Crippen LogP) is 8.48. The maximum atomic E-state index is 13.1. The Morgan fingerprint density at radius 2 is 1.49 bits per heavy atom. The van der Waals surface area contributed by atoms with Crippen molar-refractivity contribution in [3.05, 3.63) is 69.2 Å². The largest absolute Gasteiger partial charge is 0.779 e.